The Morgan fingerprint density at radius 1 is 1.20 bits per heavy atom. The van der Waals surface area contributed by atoms with Crippen LogP contribution >= 0.6 is 0 Å². The molecule has 0 radical (unpaired) electrons. The van der Waals surface area contributed by atoms with Crippen molar-refractivity contribution in [3.05, 3.63) is 42.2 Å². The van der Waals surface area contributed by atoms with Crippen LogP contribution < -0.4 is 15.0 Å². The van der Waals surface area contributed by atoms with E-state index in [-0.39, 0.29) is 5.91 Å². The van der Waals surface area contributed by atoms with Crippen LogP contribution in [0.1, 0.15) is 37.0 Å². The molecule has 2 aromatic rings. The first-order valence-electron chi connectivity index (χ1n) is 8.77. The minimum atomic E-state index is -0.219. The Hall–Kier alpha value is -2.63. The molecule has 0 bridgehead atoms. The van der Waals surface area contributed by atoms with Crippen molar-refractivity contribution in [2.75, 3.05) is 29.9 Å². The Kier molecular flexibility index (Phi) is 5.48. The van der Waals surface area contributed by atoms with Gasteiger partial charge in [0, 0.05) is 31.2 Å². The molecule has 6 nitrogen and oxygen atoms in total. The van der Waals surface area contributed by atoms with E-state index in [1.807, 2.05) is 31.2 Å². The van der Waals surface area contributed by atoms with E-state index >= 15 is 0 Å². The number of benzene rings is 1. The second-order valence-electron chi connectivity index (χ2n) is 6.35. The van der Waals surface area contributed by atoms with Crippen LogP contribution in [-0.4, -0.2) is 35.6 Å². The maximum Gasteiger partial charge on any atom is 0.258 e. The second kappa shape index (κ2) is 7.96. The highest BCUT2D eigenvalue weighted by molar-refractivity contribution is 6.03. The summed E-state index contributed by atoms with van der Waals surface area (Å²) in [6.45, 7) is 6.76. The lowest BCUT2D eigenvalue weighted by Gasteiger charge is -2.30. The van der Waals surface area contributed by atoms with E-state index in [1.54, 1.807) is 12.4 Å². The molecule has 0 aliphatic carbocycles. The topological polar surface area (TPSA) is 67.3 Å². The van der Waals surface area contributed by atoms with Crippen molar-refractivity contribution in [3.8, 4) is 5.75 Å². The van der Waals surface area contributed by atoms with Gasteiger partial charge in [-0.25, -0.2) is 9.97 Å². The third-order valence-electron chi connectivity index (χ3n) is 4.39. The van der Waals surface area contributed by atoms with Gasteiger partial charge in [-0.05, 0) is 49.9 Å². The van der Waals surface area contributed by atoms with E-state index in [1.165, 1.54) is 0 Å². The molecule has 1 saturated heterocycles. The Morgan fingerprint density at radius 2 is 1.84 bits per heavy atom. The third kappa shape index (κ3) is 4.47. The molecule has 0 saturated carbocycles. The van der Waals surface area contributed by atoms with Gasteiger partial charge in [-0.2, -0.15) is 0 Å². The number of nitrogens with zero attached hydrogens (tertiary/aromatic N) is 3. The van der Waals surface area contributed by atoms with Crippen LogP contribution in [0, 0.1) is 5.92 Å². The molecule has 3 rings (SSSR count). The van der Waals surface area contributed by atoms with E-state index in [0.29, 0.717) is 23.8 Å². The lowest BCUT2D eigenvalue weighted by atomic mass is 10.00. The van der Waals surface area contributed by atoms with E-state index in [9.17, 15) is 4.79 Å². The molecule has 1 N–H and O–H groups in total. The third-order valence-corrected chi connectivity index (χ3v) is 4.39. The molecule has 2 heterocycles. The van der Waals surface area contributed by atoms with E-state index in [2.05, 4.69) is 27.1 Å². The van der Waals surface area contributed by atoms with Crippen LogP contribution in [-0.2, 0) is 0 Å². The van der Waals surface area contributed by atoms with Gasteiger partial charge < -0.3 is 15.0 Å². The summed E-state index contributed by atoms with van der Waals surface area (Å²) in [6.07, 6.45) is 5.49. The first-order chi connectivity index (χ1) is 12.2. The van der Waals surface area contributed by atoms with Crippen molar-refractivity contribution in [1.29, 1.82) is 0 Å². The number of carbonyl (C=O) groups excluding carboxylic acids is 1. The predicted molar refractivity (Wildman–Crippen MR) is 98.2 cm³/mol. The number of piperidine rings is 1. The van der Waals surface area contributed by atoms with Gasteiger partial charge in [0.25, 0.3) is 5.91 Å². The minimum Gasteiger partial charge on any atom is -0.494 e. The number of nitrogens with one attached hydrogen (secondary N) is 1. The Labute approximate surface area is 148 Å². The summed E-state index contributed by atoms with van der Waals surface area (Å²) in [5.74, 6) is 2.02. The van der Waals surface area contributed by atoms with Crippen molar-refractivity contribution < 1.29 is 9.53 Å². The zero-order valence-corrected chi connectivity index (χ0v) is 14.7. The van der Waals surface area contributed by atoms with E-state index in [0.717, 1.165) is 37.6 Å². The summed E-state index contributed by atoms with van der Waals surface area (Å²) < 4.78 is 5.39. The fraction of sp³-hybridized carbons (Fsp3) is 0.421. The van der Waals surface area contributed by atoms with Gasteiger partial charge in [-0.3, -0.25) is 4.79 Å². The number of aromatic nitrogens is 2. The lowest BCUT2D eigenvalue weighted by molar-refractivity contribution is 0.102. The van der Waals surface area contributed by atoms with Gasteiger partial charge in [0.2, 0.25) is 5.95 Å². The largest absolute Gasteiger partial charge is 0.494 e. The quantitative estimate of drug-likeness (QED) is 0.904. The molecule has 0 atom stereocenters. The summed E-state index contributed by atoms with van der Waals surface area (Å²) in [5, 5.41) is 2.84. The maximum absolute atomic E-state index is 12.3. The molecule has 1 aromatic carbocycles. The Bertz CT molecular complexity index is 692. The maximum atomic E-state index is 12.3. The highest BCUT2D eigenvalue weighted by atomic mass is 16.5. The summed E-state index contributed by atoms with van der Waals surface area (Å²) in [6, 6.07) is 7.28. The summed E-state index contributed by atoms with van der Waals surface area (Å²) in [5.41, 5.74) is 1.16. The van der Waals surface area contributed by atoms with Gasteiger partial charge in [-0.1, -0.05) is 6.92 Å². The number of hydrogen-bond acceptors (Lipinski definition) is 5. The van der Waals surface area contributed by atoms with Gasteiger partial charge in [-0.15, -0.1) is 0 Å². The number of anilines is 2. The van der Waals surface area contributed by atoms with Gasteiger partial charge in [0.1, 0.15) is 5.75 Å². The van der Waals surface area contributed by atoms with Crippen molar-refractivity contribution in [3.63, 3.8) is 0 Å². The molecule has 1 aliphatic heterocycles. The molecule has 1 aliphatic rings. The highest BCUT2D eigenvalue weighted by Gasteiger charge is 2.18. The zero-order chi connectivity index (χ0) is 17.6. The lowest BCUT2D eigenvalue weighted by Crippen LogP contribution is -2.34. The van der Waals surface area contributed by atoms with Gasteiger partial charge >= 0.3 is 0 Å². The van der Waals surface area contributed by atoms with Crippen LogP contribution in [0.2, 0.25) is 0 Å². The van der Waals surface area contributed by atoms with Gasteiger partial charge in [0.05, 0.1) is 12.2 Å². The molecule has 6 heteroatoms. The fourth-order valence-corrected chi connectivity index (χ4v) is 2.81. The second-order valence-corrected chi connectivity index (χ2v) is 6.35. The molecular formula is C19H24N4O2. The van der Waals surface area contributed by atoms with Crippen LogP contribution in [0.25, 0.3) is 0 Å². The average molecular weight is 340 g/mol. The fourth-order valence-electron chi connectivity index (χ4n) is 2.81. The highest BCUT2D eigenvalue weighted by Crippen LogP contribution is 2.20. The SMILES string of the molecule is CCOc1ccc(NC(=O)c2cnc(N3CCC(C)CC3)nc2)cc1. The van der Waals surface area contributed by atoms with Crippen molar-refractivity contribution >= 4 is 17.5 Å². The molecule has 0 spiro atoms. The molecular weight excluding hydrogens is 316 g/mol. The molecule has 1 fully saturated rings. The molecule has 1 aromatic heterocycles. The predicted octanol–water partition coefficient (Wildman–Crippen LogP) is 3.36. The average Bonchev–Trinajstić information content (AvgIpc) is 2.64. The van der Waals surface area contributed by atoms with Crippen LogP contribution in [0.3, 0.4) is 0 Å². The van der Waals surface area contributed by atoms with Crippen LogP contribution in [0.4, 0.5) is 11.6 Å². The molecule has 25 heavy (non-hydrogen) atoms. The first kappa shape index (κ1) is 17.2. The van der Waals surface area contributed by atoms with E-state index in [4.69, 9.17) is 4.74 Å². The summed E-state index contributed by atoms with van der Waals surface area (Å²) >= 11 is 0. The van der Waals surface area contributed by atoms with Crippen molar-refractivity contribution in [1.82, 2.24) is 9.97 Å². The van der Waals surface area contributed by atoms with Crippen LogP contribution in [0.5, 0.6) is 5.75 Å². The van der Waals surface area contributed by atoms with Crippen LogP contribution in [0.15, 0.2) is 36.7 Å². The Balaban J connectivity index is 1.60. The summed E-state index contributed by atoms with van der Waals surface area (Å²) in [7, 11) is 0. The van der Waals surface area contributed by atoms with E-state index < -0.39 is 0 Å². The monoisotopic (exact) mass is 340 g/mol. The van der Waals surface area contributed by atoms with Crippen molar-refractivity contribution in [2.24, 2.45) is 5.92 Å². The zero-order valence-electron chi connectivity index (χ0n) is 14.7. The number of ether oxygens (including phenoxy) is 1. The Morgan fingerprint density at radius 3 is 2.44 bits per heavy atom. The summed E-state index contributed by atoms with van der Waals surface area (Å²) in [4.78, 5) is 23.2. The standard InChI is InChI=1S/C19H24N4O2/c1-3-25-17-6-4-16(5-7-17)22-18(24)15-12-20-19(21-13-15)23-10-8-14(2)9-11-23/h4-7,12-14H,3,8-11H2,1-2H3,(H,22,24). The minimum absolute atomic E-state index is 0.219. The normalized spacial score (nSPS) is 15.0. The number of hydrogen-bond donors (Lipinski definition) is 1. The molecule has 0 unspecified atom stereocenters. The van der Waals surface area contributed by atoms with Crippen molar-refractivity contribution in [2.45, 2.75) is 26.7 Å². The number of amides is 1. The number of rotatable bonds is 5. The molecule has 1 amide bonds. The smallest absolute Gasteiger partial charge is 0.258 e. The molecule has 132 valence electrons. The first-order valence-corrected chi connectivity index (χ1v) is 8.77. The van der Waals surface area contributed by atoms with Gasteiger partial charge in [0.15, 0.2) is 0 Å². The number of carbonyl (C=O) groups is 1.